The highest BCUT2D eigenvalue weighted by atomic mass is 16.1. The van der Waals surface area contributed by atoms with E-state index >= 15 is 0 Å². The summed E-state index contributed by atoms with van der Waals surface area (Å²) in [6.07, 6.45) is 11.1. The number of allylic oxidation sites excluding steroid dienone is 4. The fourth-order valence-corrected chi connectivity index (χ4v) is 6.59. The molecule has 0 aromatic carbocycles. The van der Waals surface area contributed by atoms with Crippen LogP contribution in [0.15, 0.2) is 23.3 Å². The minimum atomic E-state index is -0.0514. The third kappa shape index (κ3) is 1.93. The van der Waals surface area contributed by atoms with Crippen LogP contribution in [0.5, 0.6) is 0 Å². The molecule has 0 saturated heterocycles. The molecule has 0 radical (unpaired) electrons. The second-order valence-corrected chi connectivity index (χ2v) is 8.72. The quantitative estimate of drug-likeness (QED) is 0.661. The normalized spacial score (nSPS) is 45.8. The topological polar surface area (TPSA) is 34.1 Å². The smallest absolute Gasteiger partial charge is 0.159 e. The van der Waals surface area contributed by atoms with E-state index in [-0.39, 0.29) is 17.0 Å². The Balaban J connectivity index is 1.73. The highest BCUT2D eigenvalue weighted by Crippen LogP contribution is 2.64. The summed E-state index contributed by atoms with van der Waals surface area (Å²) >= 11 is 0. The summed E-state index contributed by atoms with van der Waals surface area (Å²) in [6, 6.07) is 0. The molecule has 4 rings (SSSR count). The maximum Gasteiger partial charge on any atom is 0.159 e. The predicted octanol–water partition coefficient (Wildman–Crippen LogP) is 4.64. The lowest BCUT2D eigenvalue weighted by Gasteiger charge is -2.57. The van der Waals surface area contributed by atoms with E-state index in [1.807, 2.05) is 0 Å². The standard InChI is InChI=1S/C21H28O2/c1-4-13-5-6-16-15-12-19(23)18-11-14(22)7-9-21(18,3)17(15)8-10-20(13,16)2/h5,11,15-17H,4,6-10,12H2,1-3H3/t15-,16-,17-,20+,21+/m0/s1. The molecule has 0 aromatic heterocycles. The Hall–Kier alpha value is -1.18. The van der Waals surface area contributed by atoms with Crippen molar-refractivity contribution in [3.8, 4) is 0 Å². The van der Waals surface area contributed by atoms with Gasteiger partial charge in [-0.15, -0.1) is 0 Å². The molecular formula is C21H28O2. The van der Waals surface area contributed by atoms with Crippen LogP contribution in [0.2, 0.25) is 0 Å². The molecule has 5 atom stereocenters. The zero-order valence-corrected chi connectivity index (χ0v) is 14.7. The van der Waals surface area contributed by atoms with E-state index in [0.29, 0.717) is 36.0 Å². The Morgan fingerprint density at radius 2 is 1.91 bits per heavy atom. The zero-order chi connectivity index (χ0) is 16.4. The van der Waals surface area contributed by atoms with E-state index in [4.69, 9.17) is 0 Å². The van der Waals surface area contributed by atoms with Crippen LogP contribution in [-0.2, 0) is 9.59 Å². The van der Waals surface area contributed by atoms with Crippen molar-refractivity contribution < 1.29 is 9.59 Å². The molecule has 2 saturated carbocycles. The second-order valence-electron chi connectivity index (χ2n) is 8.72. The number of ketones is 2. The van der Waals surface area contributed by atoms with Gasteiger partial charge in [-0.05, 0) is 66.8 Å². The van der Waals surface area contributed by atoms with Gasteiger partial charge in [0.1, 0.15) is 0 Å². The average molecular weight is 312 g/mol. The molecule has 0 heterocycles. The van der Waals surface area contributed by atoms with E-state index < -0.39 is 0 Å². The Morgan fingerprint density at radius 3 is 2.65 bits per heavy atom. The molecule has 0 unspecified atom stereocenters. The van der Waals surface area contributed by atoms with Crippen molar-refractivity contribution in [1.82, 2.24) is 0 Å². The zero-order valence-electron chi connectivity index (χ0n) is 14.7. The maximum atomic E-state index is 12.8. The van der Waals surface area contributed by atoms with Crippen molar-refractivity contribution in [1.29, 1.82) is 0 Å². The summed E-state index contributed by atoms with van der Waals surface area (Å²) in [4.78, 5) is 24.7. The van der Waals surface area contributed by atoms with Gasteiger partial charge in [-0.2, -0.15) is 0 Å². The van der Waals surface area contributed by atoms with Crippen LogP contribution < -0.4 is 0 Å². The molecule has 2 heteroatoms. The highest BCUT2D eigenvalue weighted by molar-refractivity contribution is 6.05. The first-order valence-electron chi connectivity index (χ1n) is 9.38. The first kappa shape index (κ1) is 15.4. The van der Waals surface area contributed by atoms with Crippen molar-refractivity contribution >= 4 is 11.6 Å². The fraction of sp³-hybridized carbons (Fsp3) is 0.714. The summed E-state index contributed by atoms with van der Waals surface area (Å²) in [5.74, 6) is 2.15. The predicted molar refractivity (Wildman–Crippen MR) is 90.9 cm³/mol. The van der Waals surface area contributed by atoms with E-state index in [2.05, 4.69) is 26.8 Å². The van der Waals surface area contributed by atoms with Crippen molar-refractivity contribution in [2.45, 2.75) is 65.7 Å². The largest absolute Gasteiger partial charge is 0.295 e. The van der Waals surface area contributed by atoms with E-state index in [9.17, 15) is 9.59 Å². The minimum absolute atomic E-state index is 0.0514. The summed E-state index contributed by atoms with van der Waals surface area (Å²) in [5.41, 5.74) is 2.75. The van der Waals surface area contributed by atoms with E-state index in [1.54, 1.807) is 11.6 Å². The molecule has 4 aliphatic rings. The monoisotopic (exact) mass is 312 g/mol. The van der Waals surface area contributed by atoms with Gasteiger partial charge in [0.05, 0.1) is 0 Å². The van der Waals surface area contributed by atoms with Gasteiger partial charge in [0.2, 0.25) is 0 Å². The lowest BCUT2D eigenvalue weighted by Crippen LogP contribution is -2.52. The van der Waals surface area contributed by atoms with E-state index in [0.717, 1.165) is 24.8 Å². The summed E-state index contributed by atoms with van der Waals surface area (Å²) < 4.78 is 0. The van der Waals surface area contributed by atoms with Crippen LogP contribution in [0.1, 0.15) is 65.7 Å². The van der Waals surface area contributed by atoms with Crippen molar-refractivity contribution in [3.63, 3.8) is 0 Å². The number of carbonyl (C=O) groups is 2. The number of Topliss-reactive ketones (excluding diaryl/α,β-unsaturated/α-hetero) is 1. The van der Waals surface area contributed by atoms with Gasteiger partial charge in [0, 0.05) is 18.4 Å². The van der Waals surface area contributed by atoms with Gasteiger partial charge in [-0.25, -0.2) is 0 Å². The number of carbonyl (C=O) groups excluding carboxylic acids is 2. The van der Waals surface area contributed by atoms with Crippen LogP contribution in [-0.4, -0.2) is 11.6 Å². The Labute approximate surface area is 139 Å². The first-order chi connectivity index (χ1) is 10.9. The van der Waals surface area contributed by atoms with Crippen molar-refractivity contribution in [3.05, 3.63) is 23.3 Å². The van der Waals surface area contributed by atoms with Crippen LogP contribution in [0.25, 0.3) is 0 Å². The number of rotatable bonds is 1. The number of hydrogen-bond donors (Lipinski definition) is 0. The molecule has 0 aromatic rings. The highest BCUT2D eigenvalue weighted by Gasteiger charge is 2.58. The van der Waals surface area contributed by atoms with Crippen LogP contribution in [0.4, 0.5) is 0 Å². The van der Waals surface area contributed by atoms with Crippen LogP contribution in [0, 0.1) is 28.6 Å². The summed E-state index contributed by atoms with van der Waals surface area (Å²) in [5, 5.41) is 0. The number of fused-ring (bicyclic) bond motifs is 5. The molecule has 0 N–H and O–H groups in total. The van der Waals surface area contributed by atoms with Gasteiger partial charge in [-0.3, -0.25) is 9.59 Å². The molecule has 2 nitrogen and oxygen atoms in total. The molecular weight excluding hydrogens is 284 g/mol. The molecule has 0 spiro atoms. The molecule has 2 fully saturated rings. The third-order valence-corrected chi connectivity index (χ3v) is 7.91. The first-order valence-corrected chi connectivity index (χ1v) is 9.38. The lowest BCUT2D eigenvalue weighted by molar-refractivity contribution is -0.129. The van der Waals surface area contributed by atoms with Gasteiger partial charge in [0.15, 0.2) is 11.6 Å². The molecule has 124 valence electrons. The molecule has 4 aliphatic carbocycles. The lowest BCUT2D eigenvalue weighted by atomic mass is 9.46. The van der Waals surface area contributed by atoms with Gasteiger partial charge >= 0.3 is 0 Å². The SMILES string of the molecule is CCC1=CC[C@H]2[C@@H]3CC(=O)C4=CC(=O)CC[C@]4(C)[C@H]3CC[C@]12C. The second kappa shape index (κ2) is 4.91. The Kier molecular flexibility index (Phi) is 3.28. The Bertz CT molecular complexity index is 640. The van der Waals surface area contributed by atoms with Gasteiger partial charge in [0.25, 0.3) is 0 Å². The van der Waals surface area contributed by atoms with Gasteiger partial charge in [-0.1, -0.05) is 32.4 Å². The average Bonchev–Trinajstić information content (AvgIpc) is 2.86. The van der Waals surface area contributed by atoms with Crippen molar-refractivity contribution in [2.24, 2.45) is 28.6 Å². The molecule has 0 amide bonds. The van der Waals surface area contributed by atoms with Crippen molar-refractivity contribution in [2.75, 3.05) is 0 Å². The van der Waals surface area contributed by atoms with Crippen LogP contribution in [0.3, 0.4) is 0 Å². The maximum absolute atomic E-state index is 12.8. The molecule has 0 bridgehead atoms. The summed E-state index contributed by atoms with van der Waals surface area (Å²) in [7, 11) is 0. The number of hydrogen-bond acceptors (Lipinski definition) is 2. The third-order valence-electron chi connectivity index (χ3n) is 7.91. The Morgan fingerprint density at radius 1 is 1.13 bits per heavy atom. The molecule has 23 heavy (non-hydrogen) atoms. The van der Waals surface area contributed by atoms with Crippen LogP contribution >= 0.6 is 0 Å². The van der Waals surface area contributed by atoms with Gasteiger partial charge < -0.3 is 0 Å². The fourth-order valence-electron chi connectivity index (χ4n) is 6.59. The molecule has 0 aliphatic heterocycles. The summed E-state index contributed by atoms with van der Waals surface area (Å²) in [6.45, 7) is 6.98. The minimum Gasteiger partial charge on any atom is -0.295 e. The van der Waals surface area contributed by atoms with E-state index in [1.165, 1.54) is 12.8 Å².